The summed E-state index contributed by atoms with van der Waals surface area (Å²) >= 11 is 1.53. The number of carbonyl (C=O) groups is 1. The highest BCUT2D eigenvalue weighted by atomic mass is 32.1. The van der Waals surface area contributed by atoms with Gasteiger partial charge < -0.3 is 10.2 Å². The van der Waals surface area contributed by atoms with Gasteiger partial charge in [0, 0.05) is 11.4 Å². The average molecular weight is 336 g/mol. The van der Waals surface area contributed by atoms with Crippen LogP contribution in [0.4, 0.5) is 0 Å². The molecule has 1 N–H and O–H groups in total. The number of amides is 1. The van der Waals surface area contributed by atoms with Gasteiger partial charge in [-0.2, -0.15) is 0 Å². The number of aromatic nitrogens is 2. The van der Waals surface area contributed by atoms with Crippen LogP contribution in [0.2, 0.25) is 0 Å². The number of hydrogen-bond acceptors (Lipinski definition) is 5. The van der Waals surface area contributed by atoms with Gasteiger partial charge >= 0.3 is 0 Å². The molecule has 2 rings (SSSR count). The number of nitrogens with one attached hydrogen (secondary N) is 1. The minimum atomic E-state index is -0.153. The van der Waals surface area contributed by atoms with Crippen LogP contribution >= 0.6 is 11.3 Å². The third-order valence-electron chi connectivity index (χ3n) is 3.70. The second-order valence-electron chi connectivity index (χ2n) is 5.97. The number of carbonyl (C=O) groups excluding carboxylic acids is 1. The van der Waals surface area contributed by atoms with E-state index >= 15 is 0 Å². The molecule has 0 fully saturated rings. The maximum Gasteiger partial charge on any atom is 0.263 e. The van der Waals surface area contributed by atoms with E-state index in [1.54, 1.807) is 0 Å². The maximum atomic E-state index is 12.9. The minimum Gasteiger partial charge on any atom is -0.355 e. The predicted octanol–water partition coefficient (Wildman–Crippen LogP) is 1.66. The largest absolute Gasteiger partial charge is 0.355 e. The van der Waals surface area contributed by atoms with E-state index in [4.69, 9.17) is 0 Å². The second kappa shape index (κ2) is 7.23. The average Bonchev–Trinajstić information content (AvgIpc) is 2.75. The molecule has 6 nitrogen and oxygen atoms in total. The zero-order valence-corrected chi connectivity index (χ0v) is 15.2. The van der Waals surface area contributed by atoms with Crippen LogP contribution in [-0.4, -0.2) is 41.0 Å². The van der Waals surface area contributed by atoms with Crippen molar-refractivity contribution in [1.29, 1.82) is 0 Å². The summed E-state index contributed by atoms with van der Waals surface area (Å²) in [5.41, 5.74) is 0.835. The number of fused-ring (bicyclic) bond motifs is 1. The Morgan fingerprint density at radius 3 is 2.65 bits per heavy atom. The third kappa shape index (κ3) is 3.79. The number of thiophene rings is 1. The molecule has 0 spiro atoms. The molecule has 0 atom stereocenters. The summed E-state index contributed by atoms with van der Waals surface area (Å²) in [6, 6.07) is 0. The molecule has 2 heterocycles. The molecule has 0 radical (unpaired) electrons. The minimum absolute atomic E-state index is 0.0132. The van der Waals surface area contributed by atoms with Crippen molar-refractivity contribution in [2.45, 2.75) is 40.3 Å². The SMILES string of the molecule is CCCNC(=O)Cn1c(CN(C)C)nc2sc(C)c(C)c2c1=O. The van der Waals surface area contributed by atoms with Crippen LogP contribution in [0.15, 0.2) is 4.79 Å². The fourth-order valence-electron chi connectivity index (χ4n) is 2.40. The zero-order valence-electron chi connectivity index (χ0n) is 14.4. The molecule has 0 bridgehead atoms. The van der Waals surface area contributed by atoms with Gasteiger partial charge in [-0.1, -0.05) is 6.92 Å². The third-order valence-corrected chi connectivity index (χ3v) is 4.80. The van der Waals surface area contributed by atoms with Gasteiger partial charge in [0.05, 0.1) is 11.9 Å². The Kier molecular flexibility index (Phi) is 5.54. The Labute approximate surface area is 140 Å². The molecule has 0 saturated heterocycles. The molecule has 2 aromatic heterocycles. The summed E-state index contributed by atoms with van der Waals surface area (Å²) < 4.78 is 1.51. The predicted molar refractivity (Wildman–Crippen MR) is 94.0 cm³/mol. The van der Waals surface area contributed by atoms with Gasteiger partial charge in [0.15, 0.2) is 0 Å². The Morgan fingerprint density at radius 1 is 1.35 bits per heavy atom. The lowest BCUT2D eigenvalue weighted by Crippen LogP contribution is -2.36. The lowest BCUT2D eigenvalue weighted by molar-refractivity contribution is -0.121. The Bertz CT molecular complexity index is 776. The van der Waals surface area contributed by atoms with Crippen LogP contribution < -0.4 is 10.9 Å². The Hall–Kier alpha value is -1.73. The highest BCUT2D eigenvalue weighted by Gasteiger charge is 2.18. The fraction of sp³-hybridized carbons (Fsp3) is 0.562. The van der Waals surface area contributed by atoms with Gasteiger partial charge in [-0.15, -0.1) is 11.3 Å². The van der Waals surface area contributed by atoms with Gasteiger partial charge in [-0.25, -0.2) is 4.98 Å². The van der Waals surface area contributed by atoms with E-state index in [0.717, 1.165) is 21.7 Å². The van der Waals surface area contributed by atoms with E-state index < -0.39 is 0 Å². The van der Waals surface area contributed by atoms with E-state index in [2.05, 4.69) is 10.3 Å². The van der Waals surface area contributed by atoms with Crippen molar-refractivity contribution in [2.75, 3.05) is 20.6 Å². The topological polar surface area (TPSA) is 67.2 Å². The molecule has 1 amide bonds. The molecule has 0 aliphatic rings. The second-order valence-corrected chi connectivity index (χ2v) is 7.17. The summed E-state index contributed by atoms with van der Waals surface area (Å²) in [6.07, 6.45) is 0.866. The first kappa shape index (κ1) is 17.6. The molecule has 0 saturated carbocycles. The standard InChI is InChI=1S/C16H24N4O2S/c1-6-7-17-13(21)9-20-12(8-19(4)5)18-15-14(16(20)22)10(2)11(3)23-15/h6-9H2,1-5H3,(H,17,21). The van der Waals surface area contributed by atoms with Crippen molar-refractivity contribution in [1.82, 2.24) is 19.8 Å². The van der Waals surface area contributed by atoms with Crippen LogP contribution in [0.3, 0.4) is 0 Å². The van der Waals surface area contributed by atoms with Crippen molar-refractivity contribution in [3.05, 3.63) is 26.6 Å². The number of nitrogens with zero attached hydrogens (tertiary/aromatic N) is 3. The first-order valence-corrected chi connectivity index (χ1v) is 8.57. The Balaban J connectivity index is 2.54. The smallest absolute Gasteiger partial charge is 0.263 e. The van der Waals surface area contributed by atoms with E-state index in [1.165, 1.54) is 15.9 Å². The van der Waals surface area contributed by atoms with E-state index in [9.17, 15) is 9.59 Å². The molecule has 0 aromatic carbocycles. The van der Waals surface area contributed by atoms with Crippen LogP contribution in [0, 0.1) is 13.8 Å². The summed E-state index contributed by atoms with van der Waals surface area (Å²) in [4.78, 5) is 33.4. The normalized spacial score (nSPS) is 11.4. The van der Waals surface area contributed by atoms with Gasteiger partial charge in [-0.05, 0) is 39.9 Å². The first-order chi connectivity index (χ1) is 10.8. The molecule has 0 aliphatic heterocycles. The number of rotatable bonds is 6. The molecule has 7 heteroatoms. The Morgan fingerprint density at radius 2 is 2.04 bits per heavy atom. The molecule has 0 unspecified atom stereocenters. The monoisotopic (exact) mass is 336 g/mol. The zero-order chi connectivity index (χ0) is 17.1. The summed E-state index contributed by atoms with van der Waals surface area (Å²) in [5.74, 6) is 0.472. The van der Waals surface area contributed by atoms with Crippen molar-refractivity contribution < 1.29 is 4.79 Å². The lowest BCUT2D eigenvalue weighted by Gasteiger charge is -2.15. The van der Waals surface area contributed by atoms with Crippen LogP contribution in [0.5, 0.6) is 0 Å². The first-order valence-electron chi connectivity index (χ1n) is 7.76. The quantitative estimate of drug-likeness (QED) is 0.871. The molecule has 2 aromatic rings. The lowest BCUT2D eigenvalue weighted by atomic mass is 10.2. The molecule has 126 valence electrons. The van der Waals surface area contributed by atoms with Gasteiger partial charge in [0.2, 0.25) is 5.91 Å². The van der Waals surface area contributed by atoms with Crippen LogP contribution in [0.1, 0.15) is 29.6 Å². The van der Waals surface area contributed by atoms with Crippen molar-refractivity contribution in [3.8, 4) is 0 Å². The van der Waals surface area contributed by atoms with Gasteiger partial charge in [0.1, 0.15) is 17.2 Å². The van der Waals surface area contributed by atoms with Crippen LogP contribution in [0.25, 0.3) is 10.2 Å². The fourth-order valence-corrected chi connectivity index (χ4v) is 3.44. The van der Waals surface area contributed by atoms with Crippen molar-refractivity contribution in [3.63, 3.8) is 0 Å². The van der Waals surface area contributed by atoms with Crippen molar-refractivity contribution in [2.24, 2.45) is 0 Å². The maximum absolute atomic E-state index is 12.9. The summed E-state index contributed by atoms with van der Waals surface area (Å²) in [7, 11) is 3.84. The molecule has 0 aliphatic carbocycles. The van der Waals surface area contributed by atoms with E-state index in [0.29, 0.717) is 24.3 Å². The summed E-state index contributed by atoms with van der Waals surface area (Å²) in [6.45, 7) is 7.06. The van der Waals surface area contributed by atoms with Crippen LogP contribution in [-0.2, 0) is 17.9 Å². The molecular formula is C16H24N4O2S. The van der Waals surface area contributed by atoms with E-state index in [-0.39, 0.29) is 18.0 Å². The molecular weight excluding hydrogens is 312 g/mol. The summed E-state index contributed by atoms with van der Waals surface area (Å²) in [5, 5.41) is 3.46. The number of aryl methyl sites for hydroxylation is 2. The highest BCUT2D eigenvalue weighted by molar-refractivity contribution is 7.18. The van der Waals surface area contributed by atoms with E-state index in [1.807, 2.05) is 39.8 Å². The highest BCUT2D eigenvalue weighted by Crippen LogP contribution is 2.26. The molecule has 23 heavy (non-hydrogen) atoms. The van der Waals surface area contributed by atoms with Crippen molar-refractivity contribution >= 4 is 27.5 Å². The number of hydrogen-bond donors (Lipinski definition) is 1. The van der Waals surface area contributed by atoms with Gasteiger partial charge in [-0.3, -0.25) is 14.2 Å². The van der Waals surface area contributed by atoms with Gasteiger partial charge in [0.25, 0.3) is 5.56 Å².